The van der Waals surface area contributed by atoms with Crippen LogP contribution in [0.25, 0.3) is 43.8 Å². The second-order valence-corrected chi connectivity index (χ2v) is 12.0. The van der Waals surface area contributed by atoms with Crippen molar-refractivity contribution in [2.24, 2.45) is 9.98 Å². The Morgan fingerprint density at radius 2 is 0.825 bits per heavy atom. The van der Waals surface area contributed by atoms with E-state index in [1.807, 2.05) is 0 Å². The van der Waals surface area contributed by atoms with Crippen LogP contribution in [-0.4, -0.2) is 36.1 Å². The highest BCUT2D eigenvalue weighted by molar-refractivity contribution is 6.21. The molecule has 0 bridgehead atoms. The van der Waals surface area contributed by atoms with E-state index in [1.165, 1.54) is 32.7 Å². The number of benzene rings is 5. The van der Waals surface area contributed by atoms with Gasteiger partial charge in [0.2, 0.25) is 11.8 Å². The second kappa shape index (κ2) is 9.06. The van der Waals surface area contributed by atoms with E-state index in [4.69, 9.17) is 19.5 Å². The van der Waals surface area contributed by atoms with Crippen LogP contribution >= 0.6 is 0 Å². The van der Waals surface area contributed by atoms with Crippen LogP contribution in [0.4, 0.5) is 0 Å². The Kier molecular flexibility index (Phi) is 5.57. The number of ether oxygens (including phenoxy) is 2. The smallest absolute Gasteiger partial charge is 0.216 e. The van der Waals surface area contributed by atoms with Crippen molar-refractivity contribution in [1.82, 2.24) is 0 Å². The molecule has 0 radical (unpaired) electrons. The molecule has 0 aliphatic carbocycles. The van der Waals surface area contributed by atoms with Gasteiger partial charge in [-0.2, -0.15) is 0 Å². The Balaban J connectivity index is 1.44. The molecule has 0 atom stereocenters. The van der Waals surface area contributed by atoms with E-state index in [-0.39, 0.29) is 11.2 Å². The summed E-state index contributed by atoms with van der Waals surface area (Å²) in [6, 6.07) is 34.6. The molecule has 0 aromatic heterocycles. The fourth-order valence-electron chi connectivity index (χ4n) is 5.84. The zero-order valence-electron chi connectivity index (χ0n) is 23.4. The molecular weight excluding hydrogens is 492 g/mol. The number of rotatable bonds is 4. The van der Waals surface area contributed by atoms with Gasteiger partial charge in [0.05, 0.1) is 13.1 Å². The summed E-state index contributed by atoms with van der Waals surface area (Å²) in [4.78, 5) is 9.39. The molecule has 7 rings (SSSR count). The molecule has 4 nitrogen and oxygen atoms in total. The number of hydrogen-bond acceptors (Lipinski definition) is 4. The van der Waals surface area contributed by atoms with Crippen LogP contribution < -0.4 is 0 Å². The number of nitrogens with zero attached hydrogens (tertiary/aromatic N) is 2. The molecule has 0 saturated heterocycles. The predicted molar refractivity (Wildman–Crippen MR) is 165 cm³/mol. The summed E-state index contributed by atoms with van der Waals surface area (Å²) < 4.78 is 12.3. The average molecular weight is 525 g/mol. The summed E-state index contributed by atoms with van der Waals surface area (Å²) in [6.07, 6.45) is 0. The van der Waals surface area contributed by atoms with Crippen molar-refractivity contribution in [2.75, 3.05) is 13.1 Å². The van der Waals surface area contributed by atoms with E-state index >= 15 is 0 Å². The van der Waals surface area contributed by atoms with Gasteiger partial charge in [0, 0.05) is 11.1 Å². The van der Waals surface area contributed by atoms with E-state index < -0.39 is 0 Å². The molecule has 4 heteroatoms. The van der Waals surface area contributed by atoms with Crippen molar-refractivity contribution < 1.29 is 9.47 Å². The molecule has 0 amide bonds. The predicted octanol–water partition coefficient (Wildman–Crippen LogP) is 8.44. The summed E-state index contributed by atoms with van der Waals surface area (Å²) in [5, 5.41) is 4.85. The summed E-state index contributed by atoms with van der Waals surface area (Å²) in [5.74, 6) is 1.43. The van der Waals surface area contributed by atoms with Gasteiger partial charge in [0.25, 0.3) is 0 Å². The van der Waals surface area contributed by atoms with Gasteiger partial charge >= 0.3 is 0 Å². The van der Waals surface area contributed by atoms with Gasteiger partial charge in [-0.15, -0.1) is 0 Å². The average Bonchev–Trinajstić information content (AvgIpc) is 3.52. The molecule has 5 aromatic carbocycles. The molecule has 5 aromatic rings. The Hall–Kier alpha value is -4.44. The van der Waals surface area contributed by atoms with Crippen molar-refractivity contribution in [2.45, 2.75) is 38.9 Å². The van der Waals surface area contributed by atoms with E-state index in [0.29, 0.717) is 24.9 Å². The third kappa shape index (κ3) is 4.24. The molecular formula is C36H32N2O2. The van der Waals surface area contributed by atoms with Gasteiger partial charge in [0.1, 0.15) is 11.2 Å². The third-order valence-electron chi connectivity index (χ3n) is 7.68. The maximum atomic E-state index is 6.17. The first-order valence-electron chi connectivity index (χ1n) is 13.9. The first kappa shape index (κ1) is 24.6. The highest BCUT2D eigenvalue weighted by Crippen LogP contribution is 2.44. The minimum Gasteiger partial charge on any atom is -0.469 e. The fourth-order valence-corrected chi connectivity index (χ4v) is 5.84. The molecule has 2 heterocycles. The standard InChI is InChI=1S/C36H32N2O2/c1-35(2)21-37-33(39-35)25-13-9-11-23(19-25)31-27-15-5-7-17-29(27)32(30-18-8-6-16-28(30)31)24-12-10-14-26(20-24)34-38-22-36(3,4)40-34/h5-20H,21-22H2,1-4H3. The van der Waals surface area contributed by atoms with Gasteiger partial charge in [-0.05, 0) is 95.8 Å². The summed E-state index contributed by atoms with van der Waals surface area (Å²) in [6.45, 7) is 9.65. The molecule has 2 aliphatic heterocycles. The molecule has 198 valence electrons. The molecule has 0 N–H and O–H groups in total. The molecule has 0 unspecified atom stereocenters. The summed E-state index contributed by atoms with van der Waals surface area (Å²) >= 11 is 0. The third-order valence-corrected chi connectivity index (χ3v) is 7.68. The van der Waals surface area contributed by atoms with Crippen molar-refractivity contribution >= 4 is 33.3 Å². The topological polar surface area (TPSA) is 43.2 Å². The molecule has 0 fully saturated rings. The Bertz CT molecular complexity index is 1670. The zero-order chi connectivity index (χ0) is 27.5. The lowest BCUT2D eigenvalue weighted by Crippen LogP contribution is -2.24. The minimum absolute atomic E-state index is 0.272. The van der Waals surface area contributed by atoms with Crippen LogP contribution in [0.1, 0.15) is 38.8 Å². The molecule has 2 aliphatic rings. The fraction of sp³-hybridized carbons (Fsp3) is 0.222. The molecule has 0 spiro atoms. The van der Waals surface area contributed by atoms with Crippen LogP contribution in [-0.2, 0) is 9.47 Å². The Morgan fingerprint density at radius 1 is 0.475 bits per heavy atom. The lowest BCUT2D eigenvalue weighted by molar-refractivity contribution is 0.131. The van der Waals surface area contributed by atoms with E-state index in [0.717, 1.165) is 22.3 Å². The lowest BCUT2D eigenvalue weighted by Gasteiger charge is -2.20. The number of hydrogen-bond donors (Lipinski definition) is 0. The highest BCUT2D eigenvalue weighted by atomic mass is 16.5. The Morgan fingerprint density at radius 3 is 1.15 bits per heavy atom. The molecule has 40 heavy (non-hydrogen) atoms. The van der Waals surface area contributed by atoms with E-state index in [2.05, 4.69) is 125 Å². The van der Waals surface area contributed by atoms with Crippen LogP contribution in [0.5, 0.6) is 0 Å². The number of fused-ring (bicyclic) bond motifs is 2. The van der Waals surface area contributed by atoms with Gasteiger partial charge in [-0.25, -0.2) is 9.98 Å². The maximum Gasteiger partial charge on any atom is 0.216 e. The van der Waals surface area contributed by atoms with Gasteiger partial charge in [-0.1, -0.05) is 72.8 Å². The van der Waals surface area contributed by atoms with Crippen molar-refractivity contribution in [1.29, 1.82) is 0 Å². The van der Waals surface area contributed by atoms with Crippen molar-refractivity contribution in [3.63, 3.8) is 0 Å². The minimum atomic E-state index is -0.272. The largest absolute Gasteiger partial charge is 0.469 e. The zero-order valence-corrected chi connectivity index (χ0v) is 23.4. The van der Waals surface area contributed by atoms with Crippen LogP contribution in [0.3, 0.4) is 0 Å². The van der Waals surface area contributed by atoms with Gasteiger partial charge in [-0.3, -0.25) is 0 Å². The SMILES string of the molecule is CC1(C)CN=C(c2cccc(-c3c4ccccc4c(-c4cccc(C5=NCC(C)(C)O5)c4)c4ccccc34)c2)O1. The highest BCUT2D eigenvalue weighted by Gasteiger charge is 2.29. The lowest BCUT2D eigenvalue weighted by atomic mass is 9.85. The van der Waals surface area contributed by atoms with Crippen LogP contribution in [0.15, 0.2) is 107 Å². The first-order chi connectivity index (χ1) is 19.3. The summed E-state index contributed by atoms with van der Waals surface area (Å²) in [7, 11) is 0. The second-order valence-electron chi connectivity index (χ2n) is 12.0. The van der Waals surface area contributed by atoms with Gasteiger partial charge < -0.3 is 9.47 Å². The van der Waals surface area contributed by atoms with Gasteiger partial charge in [0.15, 0.2) is 0 Å². The van der Waals surface area contributed by atoms with Crippen LogP contribution in [0, 0.1) is 0 Å². The van der Waals surface area contributed by atoms with Crippen molar-refractivity contribution in [3.05, 3.63) is 108 Å². The van der Waals surface area contributed by atoms with E-state index in [9.17, 15) is 0 Å². The monoisotopic (exact) mass is 524 g/mol. The maximum absolute atomic E-state index is 6.17. The summed E-state index contributed by atoms with van der Waals surface area (Å²) in [5.41, 5.74) is 6.21. The van der Waals surface area contributed by atoms with E-state index in [1.54, 1.807) is 0 Å². The Labute approximate surface area is 235 Å². The molecule has 0 saturated carbocycles. The number of aliphatic imine (C=N–C) groups is 2. The first-order valence-corrected chi connectivity index (χ1v) is 13.9. The van der Waals surface area contributed by atoms with Crippen LogP contribution in [0.2, 0.25) is 0 Å². The quantitative estimate of drug-likeness (QED) is 0.221. The van der Waals surface area contributed by atoms with Crippen molar-refractivity contribution in [3.8, 4) is 22.3 Å². The normalized spacial score (nSPS) is 17.4.